The average Bonchev–Trinajstić information content (AvgIpc) is 2.76. The Morgan fingerprint density at radius 1 is 0.839 bits per heavy atom. The van der Waals surface area contributed by atoms with Crippen LogP contribution in [0, 0.1) is 6.92 Å². The van der Waals surface area contributed by atoms with Gasteiger partial charge in [0.2, 0.25) is 5.96 Å². The normalized spacial score (nSPS) is 11.8. The smallest absolute Gasteiger partial charge is 0.258 e. The molecule has 0 saturated carbocycles. The number of carbonyl (C=O) groups excluding carboxylic acids is 1. The quantitative estimate of drug-likeness (QED) is 0.323. The molecular weight excluding hydrogens is 433 g/mol. The molecule has 0 spiro atoms. The van der Waals surface area contributed by atoms with Gasteiger partial charge in [-0.05, 0) is 53.9 Å². The summed E-state index contributed by atoms with van der Waals surface area (Å²) in [5.41, 5.74) is 5.72. The summed E-state index contributed by atoms with van der Waals surface area (Å²) in [6.45, 7) is 1.86. The molecule has 156 valence electrons. The Labute approximate surface area is 190 Å². The average molecular weight is 452 g/mol. The van der Waals surface area contributed by atoms with Gasteiger partial charge in [0, 0.05) is 15.6 Å². The van der Waals surface area contributed by atoms with Gasteiger partial charge >= 0.3 is 0 Å². The van der Waals surface area contributed by atoms with E-state index in [-0.39, 0.29) is 11.9 Å². The Morgan fingerprint density at radius 2 is 1.42 bits per heavy atom. The Hall–Kier alpha value is -3.48. The molecule has 1 amide bonds. The number of amides is 1. The number of nitrogens with zero attached hydrogens (tertiary/aromatic N) is 3. The molecule has 0 atom stereocenters. The maximum atomic E-state index is 12.7. The molecule has 3 aromatic rings. The predicted octanol–water partition coefficient (Wildman–Crippen LogP) is 5.05. The minimum atomic E-state index is -0.326. The molecule has 0 fully saturated rings. The van der Waals surface area contributed by atoms with Gasteiger partial charge in [0.15, 0.2) is 0 Å². The first-order chi connectivity index (χ1) is 15.0. The van der Waals surface area contributed by atoms with Gasteiger partial charge in [-0.3, -0.25) is 10.1 Å². The number of nitrogens with one attached hydrogen (secondary N) is 2. The number of rotatable bonds is 5. The fraction of sp³-hybridized carbons (Fsp3) is 0.0435. The van der Waals surface area contributed by atoms with Crippen LogP contribution < -0.4 is 10.7 Å². The largest absolute Gasteiger partial charge is 0.289 e. The number of aryl methyl sites for hydroxylation is 1. The molecule has 0 bridgehead atoms. The van der Waals surface area contributed by atoms with Crippen molar-refractivity contribution in [1.29, 1.82) is 0 Å². The lowest BCUT2D eigenvalue weighted by atomic mass is 10.1. The van der Waals surface area contributed by atoms with E-state index >= 15 is 0 Å². The summed E-state index contributed by atoms with van der Waals surface area (Å²) in [4.78, 5) is 12.7. The van der Waals surface area contributed by atoms with E-state index < -0.39 is 0 Å². The summed E-state index contributed by atoms with van der Waals surface area (Å²) in [7, 11) is 0. The standard InChI is InChI=1S/C23H19Cl2N5O/c1-16-4-2-3-5-21(16)22(31)28-23(29-26-14-17-6-10-19(24)11-7-17)30-27-15-18-8-12-20(25)13-9-18/h2-15H,1H3,(H2,28,29,30,31). The van der Waals surface area contributed by atoms with E-state index in [9.17, 15) is 4.79 Å². The first-order valence-corrected chi connectivity index (χ1v) is 10.0. The molecule has 0 radical (unpaired) electrons. The summed E-state index contributed by atoms with van der Waals surface area (Å²) < 4.78 is 0. The lowest BCUT2D eigenvalue weighted by Crippen LogP contribution is -2.38. The molecule has 2 N–H and O–H groups in total. The Morgan fingerprint density at radius 3 is 2.03 bits per heavy atom. The molecule has 0 aliphatic heterocycles. The molecule has 0 aliphatic rings. The van der Waals surface area contributed by atoms with E-state index in [1.165, 1.54) is 0 Å². The summed E-state index contributed by atoms with van der Waals surface area (Å²) in [6.07, 6.45) is 3.12. The SMILES string of the molecule is Cc1ccccc1C(=O)NC(=NN=Cc1ccc(Cl)cc1)NN=Cc1ccc(Cl)cc1. The van der Waals surface area contributed by atoms with E-state index in [0.717, 1.165) is 16.7 Å². The number of carbonyl (C=O) groups is 1. The number of halogens is 2. The minimum Gasteiger partial charge on any atom is -0.289 e. The van der Waals surface area contributed by atoms with Crippen molar-refractivity contribution >= 4 is 47.5 Å². The third-order valence-electron chi connectivity index (χ3n) is 4.11. The van der Waals surface area contributed by atoms with Crippen molar-refractivity contribution in [2.24, 2.45) is 15.3 Å². The van der Waals surface area contributed by atoms with Crippen LogP contribution in [0.15, 0.2) is 88.1 Å². The monoisotopic (exact) mass is 451 g/mol. The molecule has 3 rings (SSSR count). The van der Waals surface area contributed by atoms with Crippen LogP contribution in [0.1, 0.15) is 27.0 Å². The zero-order valence-corrected chi connectivity index (χ0v) is 18.1. The highest BCUT2D eigenvalue weighted by Crippen LogP contribution is 2.09. The number of benzene rings is 3. The molecule has 6 nitrogen and oxygen atoms in total. The van der Waals surface area contributed by atoms with Gasteiger partial charge in [0.25, 0.3) is 5.91 Å². The fourth-order valence-electron chi connectivity index (χ4n) is 2.50. The van der Waals surface area contributed by atoms with Crippen molar-refractivity contribution < 1.29 is 4.79 Å². The molecule has 0 unspecified atom stereocenters. The molecule has 0 saturated heterocycles. The van der Waals surface area contributed by atoms with Crippen molar-refractivity contribution in [3.63, 3.8) is 0 Å². The molecule has 0 aliphatic carbocycles. The first-order valence-electron chi connectivity index (χ1n) is 9.29. The van der Waals surface area contributed by atoms with Crippen LogP contribution in [-0.4, -0.2) is 24.3 Å². The summed E-state index contributed by atoms with van der Waals surface area (Å²) in [5.74, 6) is -0.253. The van der Waals surface area contributed by atoms with E-state index in [4.69, 9.17) is 23.2 Å². The van der Waals surface area contributed by atoms with Crippen LogP contribution >= 0.6 is 23.2 Å². The predicted molar refractivity (Wildman–Crippen MR) is 127 cm³/mol. The second-order valence-electron chi connectivity index (χ2n) is 6.44. The van der Waals surface area contributed by atoms with Gasteiger partial charge < -0.3 is 0 Å². The third-order valence-corrected chi connectivity index (χ3v) is 4.61. The van der Waals surface area contributed by atoms with Crippen molar-refractivity contribution in [2.45, 2.75) is 6.92 Å². The second kappa shape index (κ2) is 11.1. The van der Waals surface area contributed by atoms with E-state index in [1.807, 2.05) is 31.2 Å². The highest BCUT2D eigenvalue weighted by molar-refractivity contribution is 6.30. The fourth-order valence-corrected chi connectivity index (χ4v) is 2.75. The topological polar surface area (TPSA) is 78.2 Å². The lowest BCUT2D eigenvalue weighted by molar-refractivity contribution is 0.0975. The molecular formula is C23H19Cl2N5O. The summed E-state index contributed by atoms with van der Waals surface area (Å²) in [6, 6.07) is 21.5. The van der Waals surface area contributed by atoms with Crippen LogP contribution in [0.5, 0.6) is 0 Å². The molecule has 3 aromatic carbocycles. The first kappa shape index (κ1) is 22.2. The van der Waals surface area contributed by atoms with Crippen LogP contribution in [-0.2, 0) is 0 Å². The maximum Gasteiger partial charge on any atom is 0.258 e. The number of hydrazone groups is 1. The second-order valence-corrected chi connectivity index (χ2v) is 7.31. The van der Waals surface area contributed by atoms with Crippen molar-refractivity contribution in [2.75, 3.05) is 0 Å². The summed E-state index contributed by atoms with van der Waals surface area (Å²) in [5, 5.41) is 16.2. The Bertz CT molecular complexity index is 1120. The van der Waals surface area contributed by atoms with Crippen LogP contribution in [0.25, 0.3) is 0 Å². The van der Waals surface area contributed by atoms with Crippen molar-refractivity contribution in [3.05, 3.63) is 105 Å². The Balaban J connectivity index is 1.76. The third kappa shape index (κ3) is 7.06. The van der Waals surface area contributed by atoms with Gasteiger partial charge in [0.05, 0.1) is 12.4 Å². The highest BCUT2D eigenvalue weighted by atomic mass is 35.5. The maximum absolute atomic E-state index is 12.7. The Kier molecular flexibility index (Phi) is 7.92. The van der Waals surface area contributed by atoms with E-state index in [2.05, 4.69) is 26.0 Å². The van der Waals surface area contributed by atoms with Gasteiger partial charge in [-0.1, -0.05) is 65.7 Å². The van der Waals surface area contributed by atoms with Crippen molar-refractivity contribution in [3.8, 4) is 0 Å². The van der Waals surface area contributed by atoms with Gasteiger partial charge in [0.1, 0.15) is 0 Å². The number of hydrogen-bond acceptors (Lipinski definition) is 4. The van der Waals surface area contributed by atoms with E-state index in [0.29, 0.717) is 15.6 Å². The zero-order valence-electron chi connectivity index (χ0n) is 16.6. The van der Waals surface area contributed by atoms with Gasteiger partial charge in [-0.15, -0.1) is 5.10 Å². The van der Waals surface area contributed by atoms with Crippen LogP contribution in [0.2, 0.25) is 10.0 Å². The lowest BCUT2D eigenvalue weighted by Gasteiger charge is -2.08. The van der Waals surface area contributed by atoms with Crippen molar-refractivity contribution in [1.82, 2.24) is 10.7 Å². The zero-order chi connectivity index (χ0) is 22.1. The molecule has 0 heterocycles. The van der Waals surface area contributed by atoms with Crippen LogP contribution in [0.3, 0.4) is 0 Å². The number of guanidine groups is 1. The van der Waals surface area contributed by atoms with Gasteiger partial charge in [-0.2, -0.15) is 10.2 Å². The number of hydrogen-bond donors (Lipinski definition) is 2. The molecule has 31 heavy (non-hydrogen) atoms. The highest BCUT2D eigenvalue weighted by Gasteiger charge is 2.10. The minimum absolute atomic E-state index is 0.0729. The van der Waals surface area contributed by atoms with Crippen LogP contribution in [0.4, 0.5) is 0 Å². The molecule has 8 heteroatoms. The summed E-state index contributed by atoms with van der Waals surface area (Å²) >= 11 is 11.8. The molecule has 0 aromatic heterocycles. The van der Waals surface area contributed by atoms with E-state index in [1.54, 1.807) is 61.0 Å². The van der Waals surface area contributed by atoms with Gasteiger partial charge in [-0.25, -0.2) is 5.43 Å².